The van der Waals surface area contributed by atoms with Crippen LogP contribution >= 0.6 is 0 Å². The molecule has 2 rings (SSSR count). The van der Waals surface area contributed by atoms with Gasteiger partial charge in [-0.25, -0.2) is 4.79 Å². The number of ether oxygens (including phenoxy) is 1. The molecule has 0 aliphatic carbocycles. The summed E-state index contributed by atoms with van der Waals surface area (Å²) in [6.45, 7) is 3.99. The van der Waals surface area contributed by atoms with Gasteiger partial charge < -0.3 is 15.8 Å². The van der Waals surface area contributed by atoms with E-state index >= 15 is 0 Å². The Balaban J connectivity index is 2.31. The predicted molar refractivity (Wildman–Crippen MR) is 86.0 cm³/mol. The van der Waals surface area contributed by atoms with E-state index in [0.29, 0.717) is 11.3 Å². The zero-order valence-electron chi connectivity index (χ0n) is 12.6. The summed E-state index contributed by atoms with van der Waals surface area (Å²) in [5.41, 5.74) is 10.7. The summed E-state index contributed by atoms with van der Waals surface area (Å²) in [5.74, 6) is -0.430. The predicted octanol–water partition coefficient (Wildman–Crippen LogP) is 3.67. The van der Waals surface area contributed by atoms with Gasteiger partial charge in [0, 0.05) is 17.1 Å². The second-order valence-corrected chi connectivity index (χ2v) is 4.92. The first-order chi connectivity index (χ1) is 10.0. The van der Waals surface area contributed by atoms with Gasteiger partial charge in [-0.3, -0.25) is 0 Å². The van der Waals surface area contributed by atoms with Crippen molar-refractivity contribution in [3.8, 4) is 0 Å². The summed E-state index contributed by atoms with van der Waals surface area (Å²) < 4.78 is 4.76. The van der Waals surface area contributed by atoms with E-state index in [0.717, 1.165) is 23.4 Å². The molecule has 110 valence electrons. The highest BCUT2D eigenvalue weighted by molar-refractivity contribution is 5.97. The maximum absolute atomic E-state index is 11.7. The molecule has 2 aromatic carbocycles. The van der Waals surface area contributed by atoms with Crippen molar-refractivity contribution in [2.75, 3.05) is 18.2 Å². The number of aryl methyl sites for hydroxylation is 2. The molecule has 0 aliphatic heterocycles. The van der Waals surface area contributed by atoms with Gasteiger partial charge in [0.25, 0.3) is 0 Å². The van der Waals surface area contributed by atoms with Crippen LogP contribution in [-0.2, 0) is 11.2 Å². The quantitative estimate of drug-likeness (QED) is 0.664. The van der Waals surface area contributed by atoms with Crippen LogP contribution in [0.15, 0.2) is 36.4 Å². The van der Waals surface area contributed by atoms with Gasteiger partial charge in [0.05, 0.1) is 12.7 Å². The highest BCUT2D eigenvalue weighted by atomic mass is 16.5. The first kappa shape index (κ1) is 14.9. The summed E-state index contributed by atoms with van der Waals surface area (Å²) in [4.78, 5) is 11.7. The van der Waals surface area contributed by atoms with Crippen LogP contribution in [0.25, 0.3) is 0 Å². The molecular weight excluding hydrogens is 264 g/mol. The van der Waals surface area contributed by atoms with Crippen LogP contribution in [0.4, 0.5) is 17.1 Å². The Kier molecular flexibility index (Phi) is 4.48. The van der Waals surface area contributed by atoms with Gasteiger partial charge in [0.1, 0.15) is 0 Å². The molecule has 0 unspecified atom stereocenters. The van der Waals surface area contributed by atoms with Crippen LogP contribution < -0.4 is 11.1 Å². The smallest absolute Gasteiger partial charge is 0.340 e. The van der Waals surface area contributed by atoms with Crippen molar-refractivity contribution in [3.63, 3.8) is 0 Å². The Bertz CT molecular complexity index is 649. The maximum atomic E-state index is 11.7. The lowest BCUT2D eigenvalue weighted by Crippen LogP contribution is -2.08. The van der Waals surface area contributed by atoms with Crippen LogP contribution in [0.1, 0.15) is 28.4 Å². The molecule has 0 saturated heterocycles. The number of nitrogen functional groups attached to an aromatic ring is 1. The lowest BCUT2D eigenvalue weighted by atomic mass is 10.1. The fourth-order valence-corrected chi connectivity index (χ4v) is 2.14. The summed E-state index contributed by atoms with van der Waals surface area (Å²) in [6.07, 6.45) is 1.01. The van der Waals surface area contributed by atoms with E-state index in [4.69, 9.17) is 10.5 Å². The number of nitrogens with two attached hydrogens (primary N) is 1. The van der Waals surface area contributed by atoms with E-state index < -0.39 is 5.97 Å². The average molecular weight is 284 g/mol. The van der Waals surface area contributed by atoms with Crippen molar-refractivity contribution in [1.82, 2.24) is 0 Å². The van der Waals surface area contributed by atoms with Gasteiger partial charge in [-0.2, -0.15) is 0 Å². The van der Waals surface area contributed by atoms with Crippen molar-refractivity contribution in [1.29, 1.82) is 0 Å². The van der Waals surface area contributed by atoms with Crippen molar-refractivity contribution in [2.24, 2.45) is 0 Å². The zero-order chi connectivity index (χ0) is 15.4. The SMILES string of the molecule is CCc1ccc(Nc2cc(C)c(N)c(C(=O)OC)c2)cc1. The van der Waals surface area contributed by atoms with Gasteiger partial charge in [-0.15, -0.1) is 0 Å². The van der Waals surface area contributed by atoms with E-state index in [1.54, 1.807) is 6.07 Å². The van der Waals surface area contributed by atoms with Crippen LogP contribution in [0.2, 0.25) is 0 Å². The van der Waals surface area contributed by atoms with Gasteiger partial charge in [-0.1, -0.05) is 19.1 Å². The van der Waals surface area contributed by atoms with Gasteiger partial charge >= 0.3 is 5.97 Å². The highest BCUT2D eigenvalue weighted by Crippen LogP contribution is 2.26. The molecular formula is C17H20N2O2. The number of benzene rings is 2. The second-order valence-electron chi connectivity index (χ2n) is 4.92. The molecule has 0 atom stereocenters. The lowest BCUT2D eigenvalue weighted by Gasteiger charge is -2.12. The molecule has 0 fully saturated rings. The summed E-state index contributed by atoms with van der Waals surface area (Å²) in [6, 6.07) is 11.8. The third kappa shape index (κ3) is 3.34. The van der Waals surface area contributed by atoms with Crippen LogP contribution in [0.5, 0.6) is 0 Å². The van der Waals surface area contributed by atoms with E-state index in [1.165, 1.54) is 12.7 Å². The third-order valence-electron chi connectivity index (χ3n) is 3.44. The number of esters is 1. The Morgan fingerprint density at radius 2 is 1.86 bits per heavy atom. The Morgan fingerprint density at radius 1 is 1.19 bits per heavy atom. The second kappa shape index (κ2) is 6.31. The topological polar surface area (TPSA) is 64.3 Å². The number of carbonyl (C=O) groups is 1. The zero-order valence-corrected chi connectivity index (χ0v) is 12.6. The lowest BCUT2D eigenvalue weighted by molar-refractivity contribution is 0.0602. The Hall–Kier alpha value is -2.49. The standard InChI is InChI=1S/C17H20N2O2/c1-4-12-5-7-13(8-6-12)19-14-9-11(2)16(18)15(10-14)17(20)21-3/h5-10,19H,4,18H2,1-3H3. The molecule has 21 heavy (non-hydrogen) atoms. The monoisotopic (exact) mass is 284 g/mol. The van der Waals surface area contributed by atoms with Crippen LogP contribution in [0, 0.1) is 6.92 Å². The number of hydrogen-bond donors (Lipinski definition) is 2. The molecule has 0 radical (unpaired) electrons. The summed E-state index contributed by atoms with van der Waals surface area (Å²) in [5, 5.41) is 3.28. The molecule has 0 saturated carbocycles. The van der Waals surface area contributed by atoms with Crippen molar-refractivity contribution < 1.29 is 9.53 Å². The van der Waals surface area contributed by atoms with Gasteiger partial charge in [0.15, 0.2) is 0 Å². The fourth-order valence-electron chi connectivity index (χ4n) is 2.14. The molecule has 4 nitrogen and oxygen atoms in total. The maximum Gasteiger partial charge on any atom is 0.340 e. The summed E-state index contributed by atoms with van der Waals surface area (Å²) in [7, 11) is 1.35. The number of hydrogen-bond acceptors (Lipinski definition) is 4. The largest absolute Gasteiger partial charge is 0.465 e. The number of anilines is 3. The molecule has 3 N–H and O–H groups in total. The normalized spacial score (nSPS) is 10.2. The van der Waals surface area contributed by atoms with Crippen molar-refractivity contribution in [2.45, 2.75) is 20.3 Å². The average Bonchev–Trinajstić information content (AvgIpc) is 2.50. The van der Waals surface area contributed by atoms with Gasteiger partial charge in [-0.05, 0) is 48.7 Å². The molecule has 0 amide bonds. The molecule has 0 aliphatic rings. The van der Waals surface area contributed by atoms with Crippen LogP contribution in [-0.4, -0.2) is 13.1 Å². The molecule has 4 heteroatoms. The van der Waals surface area contributed by atoms with E-state index in [1.807, 2.05) is 25.1 Å². The summed E-state index contributed by atoms with van der Waals surface area (Å²) >= 11 is 0. The van der Waals surface area contributed by atoms with Crippen LogP contribution in [0.3, 0.4) is 0 Å². The number of methoxy groups -OCH3 is 1. The molecule has 2 aromatic rings. The molecule has 0 bridgehead atoms. The molecule has 0 spiro atoms. The van der Waals surface area contributed by atoms with Gasteiger partial charge in [0.2, 0.25) is 0 Å². The first-order valence-electron chi connectivity index (χ1n) is 6.89. The van der Waals surface area contributed by atoms with Crippen molar-refractivity contribution in [3.05, 3.63) is 53.1 Å². The first-order valence-corrected chi connectivity index (χ1v) is 6.89. The minimum absolute atomic E-state index is 0.380. The Morgan fingerprint density at radius 3 is 2.43 bits per heavy atom. The van der Waals surface area contributed by atoms with E-state index in [2.05, 4.69) is 24.4 Å². The minimum Gasteiger partial charge on any atom is -0.465 e. The number of carbonyl (C=O) groups excluding carboxylic acids is 1. The minimum atomic E-state index is -0.430. The van der Waals surface area contributed by atoms with Crippen molar-refractivity contribution >= 4 is 23.0 Å². The number of nitrogens with one attached hydrogen (secondary N) is 1. The molecule has 0 heterocycles. The number of rotatable bonds is 4. The highest BCUT2D eigenvalue weighted by Gasteiger charge is 2.13. The van der Waals surface area contributed by atoms with E-state index in [9.17, 15) is 4.79 Å². The van der Waals surface area contributed by atoms with E-state index in [-0.39, 0.29) is 0 Å². The Labute approximate surface area is 124 Å². The fraction of sp³-hybridized carbons (Fsp3) is 0.235. The third-order valence-corrected chi connectivity index (χ3v) is 3.44. The molecule has 0 aromatic heterocycles.